The third-order valence-electron chi connectivity index (χ3n) is 3.26. The van der Waals surface area contributed by atoms with Crippen LogP contribution in [0.2, 0.25) is 5.02 Å². The Kier molecular flexibility index (Phi) is 5.22. The summed E-state index contributed by atoms with van der Waals surface area (Å²) in [5.74, 6) is -0.501. The summed E-state index contributed by atoms with van der Waals surface area (Å²) in [7, 11) is 0. The Bertz CT molecular complexity index is 774. The summed E-state index contributed by atoms with van der Waals surface area (Å²) in [6.07, 6.45) is 6.14. The Balaban J connectivity index is 1.64. The second-order valence-electron chi connectivity index (χ2n) is 5.24. The van der Waals surface area contributed by atoms with Crippen molar-refractivity contribution in [3.8, 4) is 11.8 Å². The fraction of sp³-hybridized carbons (Fsp3) is 0.333. The van der Waals surface area contributed by atoms with Crippen LogP contribution in [0.25, 0.3) is 0 Å². The summed E-state index contributed by atoms with van der Waals surface area (Å²) >= 11 is 5.78. The molecule has 132 valence electrons. The predicted molar refractivity (Wildman–Crippen MR) is 82.7 cm³/mol. The van der Waals surface area contributed by atoms with E-state index in [0.717, 1.165) is 19.0 Å². The molecule has 1 aliphatic carbocycles. The molecule has 10 heteroatoms. The molecule has 1 saturated carbocycles. The monoisotopic (exact) mass is 370 g/mol. The first kappa shape index (κ1) is 17.3. The maximum Gasteiger partial charge on any atom is 0.388 e. The molecule has 0 atom stereocenters. The third-order valence-corrected chi connectivity index (χ3v) is 3.53. The summed E-state index contributed by atoms with van der Waals surface area (Å²) in [6, 6.07) is 1.20. The number of pyridine rings is 1. The molecule has 2 heterocycles. The van der Waals surface area contributed by atoms with Gasteiger partial charge < -0.3 is 14.8 Å². The van der Waals surface area contributed by atoms with Gasteiger partial charge in [-0.05, 0) is 18.9 Å². The van der Waals surface area contributed by atoms with E-state index >= 15 is 0 Å². The van der Waals surface area contributed by atoms with E-state index in [0.29, 0.717) is 11.4 Å². The van der Waals surface area contributed by atoms with Crippen LogP contribution in [-0.2, 0) is 6.54 Å². The quantitative estimate of drug-likeness (QED) is 0.806. The second-order valence-corrected chi connectivity index (χ2v) is 5.65. The second kappa shape index (κ2) is 7.56. The molecule has 0 unspecified atom stereocenters. The molecule has 2 aromatic rings. The lowest BCUT2D eigenvalue weighted by Crippen LogP contribution is -2.23. The summed E-state index contributed by atoms with van der Waals surface area (Å²) in [5.41, 5.74) is 0.729. The summed E-state index contributed by atoms with van der Waals surface area (Å²) in [4.78, 5) is 23.8. The zero-order valence-corrected chi connectivity index (χ0v) is 13.5. The van der Waals surface area contributed by atoms with Gasteiger partial charge in [0.1, 0.15) is 17.5 Å². The summed E-state index contributed by atoms with van der Waals surface area (Å²) in [6.45, 7) is -2.91. The molecule has 7 nitrogen and oxygen atoms in total. The van der Waals surface area contributed by atoms with Crippen molar-refractivity contribution in [2.75, 3.05) is 0 Å². The fourth-order valence-electron chi connectivity index (χ4n) is 1.92. The molecular formula is C15H13ClF2N4O3. The van der Waals surface area contributed by atoms with Gasteiger partial charge in [-0.3, -0.25) is 4.79 Å². The molecular weight excluding hydrogens is 358 g/mol. The van der Waals surface area contributed by atoms with Crippen LogP contribution in [0, 0.1) is 0 Å². The van der Waals surface area contributed by atoms with Crippen LogP contribution in [0.3, 0.4) is 0 Å². The van der Waals surface area contributed by atoms with Crippen LogP contribution in [0.1, 0.15) is 28.8 Å². The van der Waals surface area contributed by atoms with Crippen molar-refractivity contribution in [1.29, 1.82) is 0 Å². The number of alkyl halides is 2. The van der Waals surface area contributed by atoms with Gasteiger partial charge in [-0.15, -0.1) is 0 Å². The van der Waals surface area contributed by atoms with E-state index in [-0.39, 0.29) is 23.2 Å². The lowest BCUT2D eigenvalue weighted by molar-refractivity contribution is -0.0527. The molecule has 1 N–H and O–H groups in total. The molecule has 25 heavy (non-hydrogen) atoms. The normalized spacial score (nSPS) is 13.6. The first-order chi connectivity index (χ1) is 12.0. The van der Waals surface area contributed by atoms with Crippen molar-refractivity contribution in [3.63, 3.8) is 0 Å². The van der Waals surface area contributed by atoms with Gasteiger partial charge in [0.2, 0.25) is 11.8 Å². The average Bonchev–Trinajstić information content (AvgIpc) is 3.39. The number of carbonyl (C=O) groups excluding carboxylic acids is 1. The van der Waals surface area contributed by atoms with Crippen molar-refractivity contribution in [1.82, 2.24) is 20.3 Å². The Morgan fingerprint density at radius 1 is 1.32 bits per heavy atom. The van der Waals surface area contributed by atoms with E-state index in [2.05, 4.69) is 25.0 Å². The number of hydrogen-bond acceptors (Lipinski definition) is 6. The Morgan fingerprint density at radius 3 is 2.80 bits per heavy atom. The number of hydrogen-bond donors (Lipinski definition) is 1. The van der Waals surface area contributed by atoms with Gasteiger partial charge in [-0.25, -0.2) is 15.0 Å². The van der Waals surface area contributed by atoms with Crippen LogP contribution in [0.4, 0.5) is 8.78 Å². The first-order valence-corrected chi connectivity index (χ1v) is 7.75. The number of ether oxygens (including phenoxy) is 2. The van der Waals surface area contributed by atoms with Crippen LogP contribution >= 0.6 is 11.6 Å². The maximum atomic E-state index is 12.2. The van der Waals surface area contributed by atoms with E-state index in [9.17, 15) is 13.6 Å². The van der Waals surface area contributed by atoms with Crippen molar-refractivity contribution in [3.05, 3.63) is 40.9 Å². The Hall–Kier alpha value is -2.55. The van der Waals surface area contributed by atoms with E-state index in [1.165, 1.54) is 12.4 Å². The third kappa shape index (κ3) is 4.72. The molecule has 1 fully saturated rings. The number of aromatic nitrogens is 3. The number of amides is 1. The number of nitrogens with one attached hydrogen (secondary N) is 1. The largest absolute Gasteiger partial charge is 0.474 e. The number of halogens is 3. The highest BCUT2D eigenvalue weighted by Gasteiger charge is 2.25. The highest BCUT2D eigenvalue weighted by molar-refractivity contribution is 6.32. The minimum absolute atomic E-state index is 0.105. The zero-order chi connectivity index (χ0) is 17.8. The molecule has 0 spiro atoms. The van der Waals surface area contributed by atoms with E-state index in [1.807, 2.05) is 0 Å². The van der Waals surface area contributed by atoms with Crippen molar-refractivity contribution in [2.45, 2.75) is 32.1 Å². The van der Waals surface area contributed by atoms with Gasteiger partial charge in [-0.1, -0.05) is 11.6 Å². The maximum absolute atomic E-state index is 12.2. The van der Waals surface area contributed by atoms with Crippen molar-refractivity contribution < 1.29 is 23.0 Å². The molecule has 0 bridgehead atoms. The summed E-state index contributed by atoms with van der Waals surface area (Å²) in [5, 5.41) is 2.46. The fourth-order valence-corrected chi connectivity index (χ4v) is 2.13. The zero-order valence-electron chi connectivity index (χ0n) is 12.8. The Morgan fingerprint density at radius 2 is 2.12 bits per heavy atom. The average molecular weight is 371 g/mol. The first-order valence-electron chi connectivity index (χ1n) is 7.37. The van der Waals surface area contributed by atoms with Gasteiger partial charge in [0, 0.05) is 18.9 Å². The number of nitrogens with zero attached hydrogens (tertiary/aromatic N) is 3. The van der Waals surface area contributed by atoms with Gasteiger partial charge in [0.05, 0.1) is 11.1 Å². The SMILES string of the molecule is O=C(NCc1cncnc1OC1CC1)c1cnc(OC(F)F)c(Cl)c1. The van der Waals surface area contributed by atoms with Crippen molar-refractivity contribution >= 4 is 17.5 Å². The van der Waals surface area contributed by atoms with Gasteiger partial charge in [0.15, 0.2) is 0 Å². The van der Waals surface area contributed by atoms with Crippen LogP contribution in [0.5, 0.6) is 11.8 Å². The van der Waals surface area contributed by atoms with E-state index in [1.54, 1.807) is 6.20 Å². The van der Waals surface area contributed by atoms with Crippen LogP contribution in [-0.4, -0.2) is 33.6 Å². The number of rotatable bonds is 7. The molecule has 1 aliphatic rings. The molecule has 0 aliphatic heterocycles. The lowest BCUT2D eigenvalue weighted by atomic mass is 10.2. The lowest BCUT2D eigenvalue weighted by Gasteiger charge is -2.10. The van der Waals surface area contributed by atoms with Gasteiger partial charge in [0.25, 0.3) is 5.91 Å². The van der Waals surface area contributed by atoms with E-state index in [4.69, 9.17) is 16.3 Å². The molecule has 0 saturated heterocycles. The smallest absolute Gasteiger partial charge is 0.388 e. The van der Waals surface area contributed by atoms with Crippen LogP contribution in [0.15, 0.2) is 24.8 Å². The van der Waals surface area contributed by atoms with Gasteiger partial charge in [-0.2, -0.15) is 8.78 Å². The highest BCUT2D eigenvalue weighted by atomic mass is 35.5. The van der Waals surface area contributed by atoms with Crippen LogP contribution < -0.4 is 14.8 Å². The van der Waals surface area contributed by atoms with Gasteiger partial charge >= 0.3 is 6.61 Å². The highest BCUT2D eigenvalue weighted by Crippen LogP contribution is 2.27. The molecule has 0 aromatic carbocycles. The molecule has 3 rings (SSSR count). The standard InChI is InChI=1S/C15H13ClF2N4O3/c16-11-3-8(5-21-14(11)25-15(17)18)12(23)20-6-9-4-19-7-22-13(9)24-10-1-2-10/h3-5,7,10,15H,1-2,6H2,(H,20,23). The molecule has 1 amide bonds. The van der Waals surface area contributed by atoms with E-state index < -0.39 is 18.4 Å². The molecule has 2 aromatic heterocycles. The Labute approximate surface area is 146 Å². The number of carbonyl (C=O) groups is 1. The predicted octanol–water partition coefficient (Wildman–Crippen LogP) is 2.60. The topological polar surface area (TPSA) is 86.2 Å². The molecule has 0 radical (unpaired) electrons. The van der Waals surface area contributed by atoms with Crippen molar-refractivity contribution in [2.24, 2.45) is 0 Å². The summed E-state index contributed by atoms with van der Waals surface area (Å²) < 4.78 is 34.1. The minimum atomic E-state index is -3.05. The minimum Gasteiger partial charge on any atom is -0.474 e.